The summed E-state index contributed by atoms with van der Waals surface area (Å²) >= 11 is 0. The fourth-order valence-corrected chi connectivity index (χ4v) is 1.56. The van der Waals surface area contributed by atoms with E-state index in [1.54, 1.807) is 0 Å². The summed E-state index contributed by atoms with van der Waals surface area (Å²) < 4.78 is 5.64. The second kappa shape index (κ2) is 3.94. The summed E-state index contributed by atoms with van der Waals surface area (Å²) in [4.78, 5) is 0. The molecule has 0 spiro atoms. The molecular formula is C10H14BNO. The summed E-state index contributed by atoms with van der Waals surface area (Å²) in [5.41, 5.74) is 2.57. The molecule has 3 heteroatoms. The molecule has 0 aliphatic carbocycles. The number of hydrogen-bond donors (Lipinski definition) is 1. The van der Waals surface area contributed by atoms with Gasteiger partial charge in [-0.2, -0.15) is 0 Å². The number of morpholine rings is 1. The van der Waals surface area contributed by atoms with E-state index in [4.69, 9.17) is 4.74 Å². The third-order valence-corrected chi connectivity index (χ3v) is 2.38. The molecule has 0 unspecified atom stereocenters. The maximum Gasteiger partial charge on any atom is 0.139 e. The van der Waals surface area contributed by atoms with Crippen LogP contribution in [0.2, 0.25) is 0 Å². The van der Waals surface area contributed by atoms with E-state index in [9.17, 15) is 0 Å². The van der Waals surface area contributed by atoms with Gasteiger partial charge in [-0.05, 0) is 5.56 Å². The van der Waals surface area contributed by atoms with E-state index in [0.717, 1.165) is 19.7 Å². The van der Waals surface area contributed by atoms with Gasteiger partial charge in [0, 0.05) is 13.1 Å². The molecule has 1 aliphatic rings. The van der Waals surface area contributed by atoms with Crippen LogP contribution in [0.1, 0.15) is 11.7 Å². The Labute approximate surface area is 79.7 Å². The van der Waals surface area contributed by atoms with Crippen molar-refractivity contribution in [3.63, 3.8) is 0 Å². The van der Waals surface area contributed by atoms with Gasteiger partial charge in [0.25, 0.3) is 0 Å². The van der Waals surface area contributed by atoms with E-state index < -0.39 is 0 Å². The summed E-state index contributed by atoms with van der Waals surface area (Å²) in [6.45, 7) is 2.73. The molecule has 1 heterocycles. The first kappa shape index (κ1) is 8.79. The van der Waals surface area contributed by atoms with Gasteiger partial charge in [-0.25, -0.2) is 0 Å². The van der Waals surface area contributed by atoms with Crippen molar-refractivity contribution < 1.29 is 4.74 Å². The molecule has 1 atom stereocenters. The summed E-state index contributed by atoms with van der Waals surface area (Å²) in [6, 6.07) is 8.56. The Morgan fingerprint density at radius 1 is 1.31 bits per heavy atom. The summed E-state index contributed by atoms with van der Waals surface area (Å²) in [5, 5.41) is 3.32. The Hall–Kier alpha value is -0.795. The summed E-state index contributed by atoms with van der Waals surface area (Å²) in [5.74, 6) is 0. The Bertz CT molecular complexity index is 267. The van der Waals surface area contributed by atoms with Crippen LogP contribution in [-0.2, 0) is 4.74 Å². The lowest BCUT2D eigenvalue weighted by atomic mass is 9.94. The average Bonchev–Trinajstić information content (AvgIpc) is 2.20. The molecule has 0 radical (unpaired) electrons. The minimum absolute atomic E-state index is 0.245. The molecule has 1 aromatic rings. The zero-order valence-corrected chi connectivity index (χ0v) is 7.92. The van der Waals surface area contributed by atoms with Crippen LogP contribution in [0.4, 0.5) is 0 Å². The van der Waals surface area contributed by atoms with Crippen molar-refractivity contribution >= 4 is 13.3 Å². The highest BCUT2D eigenvalue weighted by molar-refractivity contribution is 6.32. The van der Waals surface area contributed by atoms with Crippen LogP contribution in [0.3, 0.4) is 0 Å². The zero-order valence-electron chi connectivity index (χ0n) is 7.92. The van der Waals surface area contributed by atoms with Crippen LogP contribution in [0.5, 0.6) is 0 Å². The van der Waals surface area contributed by atoms with Crippen molar-refractivity contribution in [1.29, 1.82) is 0 Å². The van der Waals surface area contributed by atoms with E-state index in [-0.39, 0.29) is 6.10 Å². The van der Waals surface area contributed by atoms with Crippen LogP contribution in [0.25, 0.3) is 0 Å². The Morgan fingerprint density at radius 2 is 2.08 bits per heavy atom. The van der Waals surface area contributed by atoms with Gasteiger partial charge in [-0.3, -0.25) is 0 Å². The molecule has 0 amide bonds. The van der Waals surface area contributed by atoms with E-state index in [2.05, 4.69) is 37.4 Å². The van der Waals surface area contributed by atoms with Crippen LogP contribution >= 0.6 is 0 Å². The minimum Gasteiger partial charge on any atom is -0.371 e. The Morgan fingerprint density at radius 3 is 2.69 bits per heavy atom. The van der Waals surface area contributed by atoms with Crippen LogP contribution in [0.15, 0.2) is 24.3 Å². The lowest BCUT2D eigenvalue weighted by Gasteiger charge is -2.23. The van der Waals surface area contributed by atoms with E-state index in [1.807, 2.05) is 0 Å². The van der Waals surface area contributed by atoms with E-state index >= 15 is 0 Å². The highest BCUT2D eigenvalue weighted by Gasteiger charge is 2.14. The van der Waals surface area contributed by atoms with Gasteiger partial charge < -0.3 is 10.1 Å². The lowest BCUT2D eigenvalue weighted by molar-refractivity contribution is 0.0277. The molecule has 2 nitrogen and oxygen atoms in total. The fraction of sp³-hybridized carbons (Fsp3) is 0.400. The number of hydrogen-bond acceptors (Lipinski definition) is 2. The standard InChI is InChI=1S/C10H14BNO/c11-9-3-1-8(2-4-9)10-7-12-5-6-13-10/h1-4,10,12H,5-7,11H2/t10-/m1/s1. The molecule has 0 saturated carbocycles. The number of rotatable bonds is 1. The maximum atomic E-state index is 5.64. The van der Waals surface area contributed by atoms with Crippen molar-refractivity contribution in [1.82, 2.24) is 5.32 Å². The van der Waals surface area contributed by atoms with Gasteiger partial charge in [0.05, 0.1) is 12.7 Å². The van der Waals surface area contributed by atoms with Gasteiger partial charge in [0.1, 0.15) is 7.85 Å². The molecule has 1 N–H and O–H groups in total. The van der Waals surface area contributed by atoms with Gasteiger partial charge >= 0.3 is 0 Å². The normalized spacial score (nSPS) is 22.9. The third-order valence-electron chi connectivity index (χ3n) is 2.38. The summed E-state index contributed by atoms with van der Waals surface area (Å²) in [6.07, 6.45) is 0.245. The Balaban J connectivity index is 2.10. The second-order valence-corrected chi connectivity index (χ2v) is 3.47. The average molecular weight is 175 g/mol. The SMILES string of the molecule is Bc1ccc([C@H]2CNCCO2)cc1. The molecule has 1 saturated heterocycles. The molecule has 13 heavy (non-hydrogen) atoms. The first-order valence-corrected chi connectivity index (χ1v) is 4.75. The smallest absolute Gasteiger partial charge is 0.139 e. The van der Waals surface area contributed by atoms with Crippen LogP contribution < -0.4 is 10.8 Å². The first-order chi connectivity index (χ1) is 6.36. The predicted octanol–water partition coefficient (Wildman–Crippen LogP) is -0.394. The van der Waals surface area contributed by atoms with Gasteiger partial charge in [-0.1, -0.05) is 29.7 Å². The van der Waals surface area contributed by atoms with E-state index in [0.29, 0.717) is 0 Å². The molecule has 0 bridgehead atoms. The van der Waals surface area contributed by atoms with Crippen molar-refractivity contribution in [3.05, 3.63) is 29.8 Å². The molecule has 0 aromatic heterocycles. The molecule has 68 valence electrons. The molecule has 1 aromatic carbocycles. The maximum absolute atomic E-state index is 5.64. The Kier molecular flexibility index (Phi) is 2.66. The summed E-state index contributed by atoms with van der Waals surface area (Å²) in [7, 11) is 2.10. The lowest BCUT2D eigenvalue weighted by Crippen LogP contribution is -2.33. The zero-order chi connectivity index (χ0) is 9.10. The second-order valence-electron chi connectivity index (χ2n) is 3.47. The van der Waals surface area contributed by atoms with Gasteiger partial charge in [-0.15, -0.1) is 0 Å². The highest BCUT2D eigenvalue weighted by Crippen LogP contribution is 2.16. The monoisotopic (exact) mass is 175 g/mol. The van der Waals surface area contributed by atoms with Crippen molar-refractivity contribution in [2.75, 3.05) is 19.7 Å². The predicted molar refractivity (Wildman–Crippen MR) is 56.2 cm³/mol. The van der Waals surface area contributed by atoms with Gasteiger partial charge in [0.15, 0.2) is 0 Å². The first-order valence-electron chi connectivity index (χ1n) is 4.75. The number of nitrogens with one attached hydrogen (secondary N) is 1. The van der Waals surface area contributed by atoms with Crippen molar-refractivity contribution in [2.24, 2.45) is 0 Å². The van der Waals surface area contributed by atoms with Crippen molar-refractivity contribution in [2.45, 2.75) is 6.10 Å². The quantitative estimate of drug-likeness (QED) is 0.586. The molecule has 2 rings (SSSR count). The molecule has 1 aliphatic heterocycles. The molecular weight excluding hydrogens is 161 g/mol. The number of benzene rings is 1. The fourth-order valence-electron chi connectivity index (χ4n) is 1.56. The topological polar surface area (TPSA) is 21.3 Å². The molecule has 1 fully saturated rings. The van der Waals surface area contributed by atoms with Crippen LogP contribution in [0, 0.1) is 0 Å². The van der Waals surface area contributed by atoms with E-state index in [1.165, 1.54) is 11.0 Å². The van der Waals surface area contributed by atoms with Crippen molar-refractivity contribution in [3.8, 4) is 0 Å². The largest absolute Gasteiger partial charge is 0.371 e. The van der Waals surface area contributed by atoms with Crippen LogP contribution in [-0.4, -0.2) is 27.5 Å². The number of ether oxygens (including phenoxy) is 1. The van der Waals surface area contributed by atoms with Gasteiger partial charge in [0.2, 0.25) is 0 Å². The minimum atomic E-state index is 0.245. The third kappa shape index (κ3) is 2.11. The highest BCUT2D eigenvalue weighted by atomic mass is 16.5.